The van der Waals surface area contributed by atoms with E-state index in [2.05, 4.69) is 0 Å². The molecule has 0 saturated carbocycles. The van der Waals surface area contributed by atoms with Gasteiger partial charge in [0.15, 0.2) is 0 Å². The second-order valence-electron chi connectivity index (χ2n) is 0.179. The van der Waals surface area contributed by atoms with Gasteiger partial charge in [0.25, 0.3) is 0 Å². The molecular formula is H8ClCoN10-4. The van der Waals surface area contributed by atoms with E-state index in [1.165, 1.54) is 9.82 Å². The van der Waals surface area contributed by atoms with Crippen LogP contribution in [0.5, 0.6) is 0 Å². The summed E-state index contributed by atoms with van der Waals surface area (Å²) in [6.45, 7) is 0. The number of nitrogens with zero attached hydrogens (tertiary/aromatic N) is 6. The zero-order chi connectivity index (χ0) is 5.41. The molecule has 8 N–H and O–H groups in total. The fourth-order valence-corrected chi connectivity index (χ4v) is 0. The molecule has 0 aromatic rings. The van der Waals surface area contributed by atoms with Crippen molar-refractivity contribution in [3.63, 3.8) is 0 Å². The van der Waals surface area contributed by atoms with E-state index in [0.717, 1.165) is 0 Å². The summed E-state index contributed by atoms with van der Waals surface area (Å²) in [7, 11) is 0. The summed E-state index contributed by atoms with van der Waals surface area (Å²) in [4.78, 5) is 3.00. The Bertz CT molecular complexity index is 63.8. The molecule has 0 aromatic heterocycles. The van der Waals surface area contributed by atoms with Gasteiger partial charge >= 0.3 is 16.8 Å². The first-order valence-electron chi connectivity index (χ1n) is 0.800. The molecule has 0 radical (unpaired) electrons. The number of hydrogen-bond donors (Lipinski definition) is 0. The third-order valence-corrected chi connectivity index (χ3v) is 0. The smallest absolute Gasteiger partial charge is 1.00 e. The van der Waals surface area contributed by atoms with Gasteiger partial charge in [-0.1, -0.05) is 0 Å². The summed E-state index contributed by atoms with van der Waals surface area (Å²) in [6.07, 6.45) is 0. The van der Waals surface area contributed by atoms with Crippen molar-refractivity contribution in [2.24, 2.45) is 0 Å². The number of halogens is 1. The summed E-state index contributed by atoms with van der Waals surface area (Å²) in [5.74, 6) is 0. The third kappa shape index (κ3) is 1140. The van der Waals surface area contributed by atoms with Gasteiger partial charge in [-0.25, -0.2) is 0 Å². The minimum atomic E-state index is 0. The Morgan fingerprint density at radius 2 is 0.583 bits per heavy atom. The molecule has 0 aliphatic heterocycles. The van der Waals surface area contributed by atoms with Crippen LogP contribution in [0, 0.1) is 0 Å². The first-order valence-corrected chi connectivity index (χ1v) is 0.800. The van der Waals surface area contributed by atoms with Gasteiger partial charge in [-0.2, -0.15) is 0 Å². The Morgan fingerprint density at radius 3 is 0.583 bits per heavy atom. The minimum absolute atomic E-state index is 0. The molecule has 0 aliphatic rings. The van der Waals surface area contributed by atoms with Crippen LogP contribution < -0.4 is 12.4 Å². The van der Waals surface area contributed by atoms with E-state index >= 15 is 0 Å². The van der Waals surface area contributed by atoms with Gasteiger partial charge in [0.2, 0.25) is 0 Å². The molecule has 0 atom stereocenters. The average Bonchev–Trinajstić information content (AvgIpc) is 1.39. The van der Waals surface area contributed by atoms with Crippen LogP contribution >= 0.6 is 0 Å². The molecule has 12 heavy (non-hydrogen) atoms. The Labute approximate surface area is 86.2 Å². The average molecular weight is 243 g/mol. The Hall–Kier alpha value is -0.744. The van der Waals surface area contributed by atoms with Crippen molar-refractivity contribution in [1.29, 1.82) is 0 Å². The molecule has 0 unspecified atom stereocenters. The van der Waals surface area contributed by atoms with Gasteiger partial charge in [-0.15, -0.1) is 0 Å². The van der Waals surface area contributed by atoms with Gasteiger partial charge in [0.1, 0.15) is 0 Å². The monoisotopic (exact) mass is 242 g/mol. The van der Waals surface area contributed by atoms with E-state index in [1.807, 2.05) is 0 Å². The quantitative estimate of drug-likeness (QED) is 0.333. The molecule has 12 heteroatoms. The molecule has 0 heterocycles. The van der Waals surface area contributed by atoms with Crippen LogP contribution in [0.15, 0.2) is 0 Å². The standard InChI is InChI=1S/ClH.Co.2N3.4H2N/c;;2*1-3-2;;;;/h1H;;;;4*1H2/q;+3;6*-1/p-1. The van der Waals surface area contributed by atoms with Gasteiger partial charge in [-0.05, 0) is 0 Å². The summed E-state index contributed by atoms with van der Waals surface area (Å²) >= 11 is 0. The van der Waals surface area contributed by atoms with Gasteiger partial charge in [0, 0.05) is 0 Å². The van der Waals surface area contributed by atoms with Crippen molar-refractivity contribution < 1.29 is 29.2 Å². The summed E-state index contributed by atoms with van der Waals surface area (Å²) in [5, 5.41) is 0. The first kappa shape index (κ1) is 112. The molecule has 0 spiro atoms. The molecule has 10 nitrogen and oxygen atoms in total. The predicted molar refractivity (Wildman–Crippen MR) is 41.3 cm³/mol. The molecule has 0 aliphatic carbocycles. The van der Waals surface area contributed by atoms with Crippen molar-refractivity contribution in [2.75, 3.05) is 0 Å². The zero-order valence-corrected chi connectivity index (χ0v) is 7.50. The van der Waals surface area contributed by atoms with Crippen LogP contribution in [0.2, 0.25) is 0 Å². The number of rotatable bonds is 0. The summed E-state index contributed by atoms with van der Waals surface area (Å²) in [6, 6.07) is 0. The Balaban J connectivity index is -0.00000000296. The van der Waals surface area contributed by atoms with Crippen molar-refractivity contribution >= 4 is 0 Å². The van der Waals surface area contributed by atoms with Crippen LogP contribution in [0.1, 0.15) is 0 Å². The molecule has 0 amide bonds. The van der Waals surface area contributed by atoms with Crippen molar-refractivity contribution in [3.8, 4) is 0 Å². The molecular weight excluding hydrogens is 234 g/mol. The maximum absolute atomic E-state index is 6.75. The van der Waals surface area contributed by atoms with E-state index in [1.54, 1.807) is 0 Å². The van der Waals surface area contributed by atoms with Crippen molar-refractivity contribution in [1.82, 2.24) is 0 Å². The number of hydrogen-bond acceptors (Lipinski definition) is 0. The fourth-order valence-electron chi connectivity index (χ4n) is 0. The van der Waals surface area contributed by atoms with Crippen molar-refractivity contribution in [3.05, 3.63) is 56.6 Å². The summed E-state index contributed by atoms with van der Waals surface area (Å²) in [5.41, 5.74) is 27.0. The molecule has 0 aromatic carbocycles. The molecule has 0 bridgehead atoms. The topological polar surface area (TPSA) is 251 Å². The first-order chi connectivity index (χ1) is 2.83. The predicted octanol–water partition coefficient (Wildman–Crippen LogP) is 1.60. The van der Waals surface area contributed by atoms with E-state index in [0.29, 0.717) is 0 Å². The van der Waals surface area contributed by atoms with Gasteiger partial charge in [-0.3, -0.25) is 9.82 Å². The van der Waals surface area contributed by atoms with Crippen LogP contribution in [-0.4, -0.2) is 0 Å². The molecule has 78 valence electrons. The molecule has 0 rings (SSSR count). The third-order valence-electron chi connectivity index (χ3n) is 0. The van der Waals surface area contributed by atoms with E-state index in [-0.39, 0.29) is 53.8 Å². The van der Waals surface area contributed by atoms with E-state index < -0.39 is 0 Å². The van der Waals surface area contributed by atoms with Crippen LogP contribution in [0.25, 0.3) is 56.6 Å². The van der Waals surface area contributed by atoms with E-state index in [4.69, 9.17) is 22.1 Å². The largest absolute Gasteiger partial charge is 3.00 e. The van der Waals surface area contributed by atoms with Crippen LogP contribution in [0.3, 0.4) is 0 Å². The minimum Gasteiger partial charge on any atom is -1.00 e. The maximum Gasteiger partial charge on any atom is 3.00 e. The SMILES string of the molecule is [Cl-].[Co+3].[N-]=[N+]=[N-].[N-]=[N+]=[N-].[NH2-].[NH2-].[NH2-].[NH2-]. The van der Waals surface area contributed by atoms with Crippen LogP contribution in [-0.2, 0) is 16.8 Å². The molecule has 0 fully saturated rings. The normalized spacial score (nSPS) is 1.33. The Morgan fingerprint density at radius 1 is 0.583 bits per heavy atom. The maximum atomic E-state index is 6.75. The van der Waals surface area contributed by atoms with Crippen molar-refractivity contribution in [2.45, 2.75) is 0 Å². The van der Waals surface area contributed by atoms with E-state index in [9.17, 15) is 0 Å². The zero-order valence-electron chi connectivity index (χ0n) is 5.70. The second kappa shape index (κ2) is 557. The Kier molecular flexibility index (Phi) is 5180. The molecule has 0 saturated heterocycles. The van der Waals surface area contributed by atoms with Gasteiger partial charge < -0.3 is 59.1 Å². The number of nitrogens with two attached hydrogens (primary N) is 4. The fraction of sp³-hybridized carbons (Fsp3) is 0. The second-order valence-corrected chi connectivity index (χ2v) is 0.179. The van der Waals surface area contributed by atoms with Gasteiger partial charge in [0.05, 0.1) is 0 Å². The summed E-state index contributed by atoms with van der Waals surface area (Å²) < 4.78 is 0. The van der Waals surface area contributed by atoms with Crippen LogP contribution in [0.4, 0.5) is 0 Å².